The summed E-state index contributed by atoms with van der Waals surface area (Å²) in [5, 5.41) is 0. The number of unbranched alkanes of at least 4 members (excludes halogenated alkanes) is 13. The van der Waals surface area contributed by atoms with Gasteiger partial charge >= 0.3 is 0 Å². The van der Waals surface area contributed by atoms with Gasteiger partial charge in [-0.25, -0.2) is 4.98 Å². The lowest BCUT2D eigenvalue weighted by molar-refractivity contribution is -0.870. The van der Waals surface area contributed by atoms with Crippen LogP contribution in [0, 0.1) is 0 Å². The van der Waals surface area contributed by atoms with Crippen LogP contribution in [0.2, 0.25) is 0 Å². The molecular weight excluding hydrogens is 342 g/mol. The second kappa shape index (κ2) is 20.8. The van der Waals surface area contributed by atoms with Crippen molar-refractivity contribution in [3.8, 4) is 0 Å². The van der Waals surface area contributed by atoms with Crippen molar-refractivity contribution in [2.24, 2.45) is 0 Å². The highest BCUT2D eigenvalue weighted by molar-refractivity contribution is 4.64. The van der Waals surface area contributed by atoms with Gasteiger partial charge in [-0.15, -0.1) is 0 Å². The molecule has 0 aliphatic heterocycles. The summed E-state index contributed by atoms with van der Waals surface area (Å²) < 4.78 is 1.12. The van der Waals surface area contributed by atoms with Crippen molar-refractivity contribution in [2.45, 2.75) is 96.8 Å². The smallest absolute Gasteiger partial charge is 0.0919 e. The van der Waals surface area contributed by atoms with Crippen LogP contribution in [0.4, 0.5) is 0 Å². The van der Waals surface area contributed by atoms with Crippen LogP contribution in [0.25, 0.3) is 0 Å². The van der Waals surface area contributed by atoms with E-state index in [1.807, 2.05) is 0 Å². The third-order valence-corrected chi connectivity index (χ3v) is 4.59. The zero-order valence-electron chi connectivity index (χ0n) is 18.1. The normalized spacial score (nSPS) is 10.8. The molecule has 0 unspecified atom stereocenters. The molecule has 1 heterocycles. The third kappa shape index (κ3) is 25.7. The van der Waals surface area contributed by atoms with Crippen LogP contribution < -0.4 is 12.4 Å². The molecule has 0 amide bonds. The molecule has 0 fully saturated rings. The SMILES string of the molecule is CCCCCCCCCCCCCCCC[N+](C)(C)C.[Cl-].c1c[nH]cn1. The summed E-state index contributed by atoms with van der Waals surface area (Å²) in [6.07, 6.45) is 25.5. The number of hydrogen-bond donors (Lipinski definition) is 1. The van der Waals surface area contributed by atoms with E-state index in [2.05, 4.69) is 38.0 Å². The third-order valence-electron chi connectivity index (χ3n) is 4.59. The number of aromatic amines is 1. The molecule has 26 heavy (non-hydrogen) atoms. The molecule has 0 spiro atoms. The standard InChI is InChI=1S/C19H42N.C3H4N2.ClH/c1-5-6-7-8-9-10-11-12-13-14-15-16-17-18-19-20(2,3)4;1-2-5-3-4-1;/h5-19H2,1-4H3;1-3H,(H,4,5);1H/q+1;;/p-1. The fraction of sp³-hybridized carbons (Fsp3) is 0.864. The molecule has 1 aromatic heterocycles. The van der Waals surface area contributed by atoms with Crippen molar-refractivity contribution in [3.05, 3.63) is 18.7 Å². The highest BCUT2D eigenvalue weighted by Gasteiger charge is 2.04. The molecule has 3 nitrogen and oxygen atoms in total. The Hall–Kier alpha value is -0.540. The second-order valence-corrected chi connectivity index (χ2v) is 8.37. The van der Waals surface area contributed by atoms with Gasteiger partial charge in [-0.2, -0.15) is 0 Å². The number of hydrogen-bond acceptors (Lipinski definition) is 1. The average molecular weight is 388 g/mol. The molecule has 1 rings (SSSR count). The first-order chi connectivity index (χ1) is 12.1. The summed E-state index contributed by atoms with van der Waals surface area (Å²) in [5.74, 6) is 0. The summed E-state index contributed by atoms with van der Waals surface area (Å²) in [7, 11) is 6.88. The van der Waals surface area contributed by atoms with Crippen molar-refractivity contribution in [2.75, 3.05) is 27.7 Å². The van der Waals surface area contributed by atoms with E-state index in [0.717, 1.165) is 4.48 Å². The fourth-order valence-corrected chi connectivity index (χ4v) is 3.00. The Bertz CT molecular complexity index is 316. The molecule has 0 aliphatic carbocycles. The summed E-state index contributed by atoms with van der Waals surface area (Å²) in [6, 6.07) is 0. The minimum atomic E-state index is 0. The summed E-state index contributed by atoms with van der Waals surface area (Å²) in [4.78, 5) is 6.42. The maximum Gasteiger partial charge on any atom is 0.0919 e. The summed E-state index contributed by atoms with van der Waals surface area (Å²) in [5.41, 5.74) is 0. The van der Waals surface area contributed by atoms with Crippen molar-refractivity contribution >= 4 is 0 Å². The lowest BCUT2D eigenvalue weighted by atomic mass is 10.0. The van der Waals surface area contributed by atoms with Gasteiger partial charge < -0.3 is 21.9 Å². The molecule has 1 N–H and O–H groups in total. The molecule has 156 valence electrons. The van der Waals surface area contributed by atoms with Crippen molar-refractivity contribution in [1.29, 1.82) is 0 Å². The van der Waals surface area contributed by atoms with Gasteiger partial charge in [-0.05, 0) is 12.8 Å². The molecule has 0 saturated carbocycles. The number of nitrogens with one attached hydrogen (secondary N) is 1. The molecular formula is C22H46ClN3. The Morgan fingerprint density at radius 1 is 0.692 bits per heavy atom. The highest BCUT2D eigenvalue weighted by Crippen LogP contribution is 2.13. The first-order valence-electron chi connectivity index (χ1n) is 10.8. The predicted octanol–water partition coefficient (Wildman–Crippen LogP) is 3.59. The van der Waals surface area contributed by atoms with Gasteiger partial charge in [-0.1, -0.05) is 84.0 Å². The Balaban J connectivity index is 0. The Labute approximate surface area is 170 Å². The Morgan fingerprint density at radius 3 is 1.38 bits per heavy atom. The van der Waals surface area contributed by atoms with Crippen LogP contribution in [0.1, 0.15) is 96.8 Å². The predicted molar refractivity (Wildman–Crippen MR) is 112 cm³/mol. The number of halogens is 1. The summed E-state index contributed by atoms with van der Waals surface area (Å²) >= 11 is 0. The van der Waals surface area contributed by atoms with Gasteiger partial charge in [0.05, 0.1) is 34.0 Å². The number of H-pyrrole nitrogens is 1. The molecule has 0 saturated heterocycles. The van der Waals surface area contributed by atoms with Crippen LogP contribution in [0.15, 0.2) is 18.7 Å². The van der Waals surface area contributed by atoms with Crippen molar-refractivity contribution in [3.63, 3.8) is 0 Å². The molecule has 0 radical (unpaired) electrons. The number of quaternary nitrogens is 1. The van der Waals surface area contributed by atoms with Crippen LogP contribution in [-0.4, -0.2) is 42.1 Å². The first kappa shape index (κ1) is 27.7. The Kier molecular flexibility index (Phi) is 22.1. The minimum absolute atomic E-state index is 0. The van der Waals surface area contributed by atoms with Crippen LogP contribution >= 0.6 is 0 Å². The second-order valence-electron chi connectivity index (χ2n) is 8.37. The van der Waals surface area contributed by atoms with E-state index in [0.29, 0.717) is 0 Å². The first-order valence-corrected chi connectivity index (χ1v) is 10.8. The van der Waals surface area contributed by atoms with E-state index in [1.54, 1.807) is 18.7 Å². The topological polar surface area (TPSA) is 28.7 Å². The molecule has 0 bridgehead atoms. The van der Waals surface area contributed by atoms with Crippen LogP contribution in [0.5, 0.6) is 0 Å². The lowest BCUT2D eigenvalue weighted by Crippen LogP contribution is -3.00. The largest absolute Gasteiger partial charge is 1.00 e. The van der Waals surface area contributed by atoms with Gasteiger partial charge in [0.1, 0.15) is 0 Å². The van der Waals surface area contributed by atoms with Crippen molar-refractivity contribution in [1.82, 2.24) is 9.97 Å². The zero-order chi connectivity index (χ0) is 18.6. The fourth-order valence-electron chi connectivity index (χ4n) is 3.00. The van der Waals surface area contributed by atoms with Crippen molar-refractivity contribution < 1.29 is 16.9 Å². The number of rotatable bonds is 15. The summed E-state index contributed by atoms with van der Waals surface area (Å²) in [6.45, 7) is 3.63. The molecule has 1 aromatic rings. The lowest BCUT2D eigenvalue weighted by Gasteiger charge is -2.23. The van der Waals surface area contributed by atoms with E-state index in [9.17, 15) is 0 Å². The van der Waals surface area contributed by atoms with Crippen LogP contribution in [-0.2, 0) is 0 Å². The quantitative estimate of drug-likeness (QED) is 0.361. The van der Waals surface area contributed by atoms with E-state index < -0.39 is 0 Å². The van der Waals surface area contributed by atoms with Gasteiger partial charge in [0.2, 0.25) is 0 Å². The Morgan fingerprint density at radius 2 is 1.12 bits per heavy atom. The molecule has 0 atom stereocenters. The number of imidazole rings is 1. The maximum absolute atomic E-state index is 3.67. The average Bonchev–Trinajstić information content (AvgIpc) is 3.14. The monoisotopic (exact) mass is 387 g/mol. The van der Waals surface area contributed by atoms with E-state index in [1.165, 1.54) is 96.4 Å². The molecule has 0 aliphatic rings. The van der Waals surface area contributed by atoms with Gasteiger partial charge in [0.25, 0.3) is 0 Å². The van der Waals surface area contributed by atoms with Gasteiger partial charge in [-0.3, -0.25) is 0 Å². The van der Waals surface area contributed by atoms with Gasteiger partial charge in [0, 0.05) is 12.4 Å². The van der Waals surface area contributed by atoms with E-state index in [-0.39, 0.29) is 12.4 Å². The zero-order valence-corrected chi connectivity index (χ0v) is 18.9. The van der Waals surface area contributed by atoms with E-state index >= 15 is 0 Å². The minimum Gasteiger partial charge on any atom is -1.00 e. The van der Waals surface area contributed by atoms with Gasteiger partial charge in [0.15, 0.2) is 0 Å². The number of nitrogens with zero attached hydrogens (tertiary/aromatic N) is 2. The highest BCUT2D eigenvalue weighted by atomic mass is 35.5. The van der Waals surface area contributed by atoms with E-state index in [4.69, 9.17) is 0 Å². The van der Waals surface area contributed by atoms with Crippen LogP contribution in [0.3, 0.4) is 0 Å². The molecule has 4 heteroatoms. The maximum atomic E-state index is 3.67. The number of aromatic nitrogens is 2. The molecule has 0 aromatic carbocycles.